The Bertz CT molecular complexity index is 959. The highest BCUT2D eigenvalue weighted by atomic mass is 35.5. The number of pyridine rings is 1. The molecule has 0 unspecified atom stereocenters. The number of benzene rings is 2. The van der Waals surface area contributed by atoms with E-state index < -0.39 is 0 Å². The van der Waals surface area contributed by atoms with E-state index in [1.807, 2.05) is 42.6 Å². The van der Waals surface area contributed by atoms with E-state index in [1.165, 1.54) is 10.8 Å². The molecule has 2 aromatic carbocycles. The summed E-state index contributed by atoms with van der Waals surface area (Å²) in [6.45, 7) is 0.653. The number of H-pyrrole nitrogens is 1. The van der Waals surface area contributed by atoms with E-state index in [0.717, 1.165) is 27.4 Å². The molecule has 0 spiro atoms. The molecule has 4 rings (SSSR count). The molecule has 22 heavy (non-hydrogen) atoms. The Morgan fingerprint density at radius 1 is 0.955 bits per heavy atom. The van der Waals surface area contributed by atoms with Gasteiger partial charge in [-0.25, -0.2) is 4.98 Å². The van der Waals surface area contributed by atoms with Gasteiger partial charge in [-0.05, 0) is 23.8 Å². The summed E-state index contributed by atoms with van der Waals surface area (Å²) in [5.41, 5.74) is 3.23. The molecule has 3 nitrogen and oxygen atoms in total. The molecule has 0 amide bonds. The molecule has 2 N–H and O–H groups in total. The fraction of sp³-hybridized carbons (Fsp3) is 0.0556. The molecule has 2 heterocycles. The topological polar surface area (TPSA) is 40.7 Å². The van der Waals surface area contributed by atoms with Crippen LogP contribution in [0.2, 0.25) is 5.02 Å². The van der Waals surface area contributed by atoms with E-state index in [0.29, 0.717) is 6.54 Å². The number of fused-ring (bicyclic) bond motifs is 3. The van der Waals surface area contributed by atoms with Crippen LogP contribution in [0.1, 0.15) is 5.56 Å². The minimum absolute atomic E-state index is 0.653. The highest BCUT2D eigenvalue weighted by Crippen LogP contribution is 2.26. The van der Waals surface area contributed by atoms with Crippen LogP contribution >= 0.6 is 11.6 Å². The normalized spacial score (nSPS) is 11.1. The second-order valence-electron chi connectivity index (χ2n) is 5.23. The van der Waals surface area contributed by atoms with Crippen molar-refractivity contribution in [2.24, 2.45) is 0 Å². The van der Waals surface area contributed by atoms with Gasteiger partial charge >= 0.3 is 0 Å². The summed E-state index contributed by atoms with van der Waals surface area (Å²) in [7, 11) is 0. The number of para-hydroxylation sites is 1. The molecular formula is C18H14ClN3. The van der Waals surface area contributed by atoms with E-state index >= 15 is 0 Å². The highest BCUT2D eigenvalue weighted by Gasteiger charge is 2.06. The fourth-order valence-electron chi connectivity index (χ4n) is 2.67. The van der Waals surface area contributed by atoms with Crippen LogP contribution in [0.5, 0.6) is 0 Å². The molecule has 0 aliphatic carbocycles. The number of nitrogens with zero attached hydrogens (tertiary/aromatic N) is 1. The van der Waals surface area contributed by atoms with Crippen molar-refractivity contribution in [3.63, 3.8) is 0 Å². The predicted molar refractivity (Wildman–Crippen MR) is 92.4 cm³/mol. The van der Waals surface area contributed by atoms with Gasteiger partial charge < -0.3 is 10.3 Å². The number of hydrogen-bond donors (Lipinski definition) is 2. The Hall–Kier alpha value is -2.52. The van der Waals surface area contributed by atoms with Gasteiger partial charge in [-0.3, -0.25) is 0 Å². The van der Waals surface area contributed by atoms with Crippen molar-refractivity contribution in [2.75, 3.05) is 5.32 Å². The number of nitrogens with one attached hydrogen (secondary N) is 2. The summed E-state index contributed by atoms with van der Waals surface area (Å²) in [5.74, 6) is 0.845. The molecule has 4 aromatic rings. The van der Waals surface area contributed by atoms with Crippen molar-refractivity contribution in [3.8, 4) is 0 Å². The lowest BCUT2D eigenvalue weighted by Crippen LogP contribution is -2.01. The van der Waals surface area contributed by atoms with Crippen molar-refractivity contribution in [1.29, 1.82) is 0 Å². The monoisotopic (exact) mass is 307 g/mol. The molecule has 2 aromatic heterocycles. The molecule has 0 aliphatic rings. The van der Waals surface area contributed by atoms with Gasteiger partial charge in [-0.15, -0.1) is 0 Å². The molecule has 0 fully saturated rings. The predicted octanol–water partition coefficient (Wildman–Crippen LogP) is 4.98. The number of aromatic nitrogens is 2. The quantitative estimate of drug-likeness (QED) is 0.560. The Kier molecular flexibility index (Phi) is 3.20. The number of rotatable bonds is 3. The maximum atomic E-state index is 6.18. The van der Waals surface area contributed by atoms with Crippen LogP contribution in [0, 0.1) is 0 Å². The first-order chi connectivity index (χ1) is 10.8. The first-order valence-electron chi connectivity index (χ1n) is 7.15. The van der Waals surface area contributed by atoms with Gasteiger partial charge in [0, 0.05) is 27.9 Å². The van der Waals surface area contributed by atoms with Gasteiger partial charge in [-0.2, -0.15) is 0 Å². The molecule has 0 aliphatic heterocycles. The second kappa shape index (κ2) is 5.35. The average molecular weight is 308 g/mol. The molecule has 108 valence electrons. The van der Waals surface area contributed by atoms with Crippen molar-refractivity contribution in [3.05, 3.63) is 71.4 Å². The highest BCUT2D eigenvalue weighted by molar-refractivity contribution is 6.31. The lowest BCUT2D eigenvalue weighted by Gasteiger charge is -2.07. The number of aromatic amines is 1. The minimum Gasteiger partial charge on any atom is -0.366 e. The van der Waals surface area contributed by atoms with E-state index in [9.17, 15) is 0 Å². The average Bonchev–Trinajstić information content (AvgIpc) is 2.92. The molecule has 0 saturated heterocycles. The van der Waals surface area contributed by atoms with Crippen LogP contribution in [0.25, 0.3) is 21.8 Å². The summed E-state index contributed by atoms with van der Waals surface area (Å²) >= 11 is 6.18. The molecular weight excluding hydrogens is 294 g/mol. The zero-order valence-corrected chi connectivity index (χ0v) is 12.6. The van der Waals surface area contributed by atoms with Crippen molar-refractivity contribution in [2.45, 2.75) is 6.54 Å². The second-order valence-corrected chi connectivity index (χ2v) is 5.64. The summed E-state index contributed by atoms with van der Waals surface area (Å²) in [5, 5.41) is 6.49. The van der Waals surface area contributed by atoms with Crippen molar-refractivity contribution in [1.82, 2.24) is 9.97 Å². The summed E-state index contributed by atoms with van der Waals surface area (Å²) in [6, 6.07) is 18.2. The first-order valence-corrected chi connectivity index (χ1v) is 7.53. The van der Waals surface area contributed by atoms with Crippen LogP contribution in [0.15, 0.2) is 60.8 Å². The van der Waals surface area contributed by atoms with E-state index in [2.05, 4.69) is 33.5 Å². The maximum Gasteiger partial charge on any atom is 0.126 e. The zero-order valence-electron chi connectivity index (χ0n) is 11.8. The Morgan fingerprint density at radius 2 is 1.77 bits per heavy atom. The third-order valence-electron chi connectivity index (χ3n) is 3.81. The molecule has 0 radical (unpaired) electrons. The summed E-state index contributed by atoms with van der Waals surface area (Å²) in [4.78, 5) is 7.84. The lowest BCUT2D eigenvalue weighted by atomic mass is 10.2. The van der Waals surface area contributed by atoms with Gasteiger partial charge in [0.05, 0.1) is 11.7 Å². The van der Waals surface area contributed by atoms with Gasteiger partial charge in [0.15, 0.2) is 0 Å². The van der Waals surface area contributed by atoms with Gasteiger partial charge in [0.2, 0.25) is 0 Å². The summed E-state index contributed by atoms with van der Waals surface area (Å²) in [6.07, 6.45) is 1.87. The standard InChI is InChI=1S/C18H14ClN3/c19-15-7-3-1-5-12(15)10-20-18-9-14-13-6-2-4-8-16(13)22-17(14)11-21-18/h1-9,11,22H,10H2,(H,20,21). The van der Waals surface area contributed by atoms with Crippen LogP contribution in [-0.4, -0.2) is 9.97 Å². The molecule has 0 bridgehead atoms. The number of anilines is 1. The zero-order chi connectivity index (χ0) is 14.9. The lowest BCUT2D eigenvalue weighted by molar-refractivity contribution is 1.12. The minimum atomic E-state index is 0.653. The van der Waals surface area contributed by atoms with Crippen molar-refractivity contribution < 1.29 is 0 Å². The smallest absolute Gasteiger partial charge is 0.126 e. The third-order valence-corrected chi connectivity index (χ3v) is 4.18. The molecule has 4 heteroatoms. The number of hydrogen-bond acceptors (Lipinski definition) is 2. The maximum absolute atomic E-state index is 6.18. The fourth-order valence-corrected chi connectivity index (χ4v) is 2.88. The molecule has 0 saturated carbocycles. The SMILES string of the molecule is Clc1ccccc1CNc1cc2c(cn1)[nH]c1ccccc12. The Morgan fingerprint density at radius 3 is 2.68 bits per heavy atom. The first kappa shape index (κ1) is 13.2. The third kappa shape index (κ3) is 2.30. The van der Waals surface area contributed by atoms with Crippen LogP contribution in [0.4, 0.5) is 5.82 Å². The van der Waals surface area contributed by atoms with Gasteiger partial charge in [0.1, 0.15) is 5.82 Å². The van der Waals surface area contributed by atoms with Crippen LogP contribution < -0.4 is 5.32 Å². The Labute approximate surface area is 132 Å². The van der Waals surface area contributed by atoms with Gasteiger partial charge in [0.25, 0.3) is 0 Å². The van der Waals surface area contributed by atoms with Crippen molar-refractivity contribution >= 4 is 39.2 Å². The van der Waals surface area contributed by atoms with Crippen LogP contribution in [0.3, 0.4) is 0 Å². The number of halogens is 1. The largest absolute Gasteiger partial charge is 0.366 e. The van der Waals surface area contributed by atoms with E-state index in [1.54, 1.807) is 0 Å². The van der Waals surface area contributed by atoms with E-state index in [4.69, 9.17) is 11.6 Å². The van der Waals surface area contributed by atoms with E-state index in [-0.39, 0.29) is 0 Å². The van der Waals surface area contributed by atoms with Crippen LogP contribution in [-0.2, 0) is 6.54 Å². The Balaban J connectivity index is 1.67. The molecule has 0 atom stereocenters. The summed E-state index contributed by atoms with van der Waals surface area (Å²) < 4.78 is 0. The van der Waals surface area contributed by atoms with Gasteiger partial charge in [-0.1, -0.05) is 48.0 Å².